The predicted molar refractivity (Wildman–Crippen MR) is 52.7 cm³/mol. The minimum atomic E-state index is -2.60. The first-order valence-corrected chi connectivity index (χ1v) is 4.81. The first-order chi connectivity index (χ1) is 7.77. The molecule has 2 aromatic rings. The highest BCUT2D eigenvalue weighted by molar-refractivity contribution is 5.02. The molecule has 0 amide bonds. The van der Waals surface area contributed by atoms with Gasteiger partial charge in [-0.25, -0.2) is 4.68 Å². The van der Waals surface area contributed by atoms with Gasteiger partial charge in [0.05, 0.1) is 18.5 Å². The molecular formula is C10H11F2N3O. The number of aromatic nitrogens is 2. The van der Waals surface area contributed by atoms with Crippen LogP contribution in [0.3, 0.4) is 0 Å². The Morgan fingerprint density at radius 3 is 2.94 bits per heavy atom. The summed E-state index contributed by atoms with van der Waals surface area (Å²) in [4.78, 5) is 0. The molecule has 4 nitrogen and oxygen atoms in total. The van der Waals surface area contributed by atoms with Crippen LogP contribution in [-0.4, -0.2) is 9.78 Å². The third-order valence-electron chi connectivity index (χ3n) is 2.12. The van der Waals surface area contributed by atoms with E-state index in [-0.39, 0.29) is 0 Å². The summed E-state index contributed by atoms with van der Waals surface area (Å²) < 4.78 is 30.6. The van der Waals surface area contributed by atoms with Crippen LogP contribution in [0.4, 0.5) is 8.78 Å². The Morgan fingerprint density at radius 1 is 1.38 bits per heavy atom. The van der Waals surface area contributed by atoms with Crippen LogP contribution in [0.5, 0.6) is 0 Å². The van der Waals surface area contributed by atoms with E-state index in [0.717, 1.165) is 5.76 Å². The number of halogens is 2. The summed E-state index contributed by atoms with van der Waals surface area (Å²) in [6.07, 6.45) is 2.93. The van der Waals surface area contributed by atoms with Gasteiger partial charge < -0.3 is 9.73 Å². The van der Waals surface area contributed by atoms with E-state index in [4.69, 9.17) is 4.42 Å². The van der Waals surface area contributed by atoms with E-state index in [1.807, 2.05) is 6.07 Å². The molecule has 0 aliphatic heterocycles. The molecule has 0 aromatic carbocycles. The Hall–Kier alpha value is -1.69. The first-order valence-electron chi connectivity index (χ1n) is 4.81. The molecule has 0 saturated heterocycles. The average Bonchev–Trinajstić information content (AvgIpc) is 2.87. The van der Waals surface area contributed by atoms with Crippen LogP contribution in [0.15, 0.2) is 35.1 Å². The number of hydrogen-bond donors (Lipinski definition) is 1. The van der Waals surface area contributed by atoms with Crippen molar-refractivity contribution in [1.82, 2.24) is 15.1 Å². The van der Waals surface area contributed by atoms with Gasteiger partial charge in [0.15, 0.2) is 0 Å². The molecular weight excluding hydrogens is 216 g/mol. The molecule has 0 unspecified atom stereocenters. The molecule has 0 radical (unpaired) electrons. The van der Waals surface area contributed by atoms with Gasteiger partial charge in [0.1, 0.15) is 5.76 Å². The molecule has 0 aliphatic carbocycles. The van der Waals surface area contributed by atoms with Gasteiger partial charge >= 0.3 is 6.55 Å². The summed E-state index contributed by atoms with van der Waals surface area (Å²) in [5.74, 6) is 0.767. The minimum absolute atomic E-state index is 0.324. The van der Waals surface area contributed by atoms with Crippen molar-refractivity contribution in [3.05, 3.63) is 42.1 Å². The molecule has 0 spiro atoms. The highest BCUT2D eigenvalue weighted by atomic mass is 19.3. The van der Waals surface area contributed by atoms with E-state index in [0.29, 0.717) is 23.5 Å². The molecule has 0 fully saturated rings. The van der Waals surface area contributed by atoms with Crippen molar-refractivity contribution in [3.8, 4) is 0 Å². The fourth-order valence-corrected chi connectivity index (χ4v) is 1.38. The SMILES string of the molecule is FC(F)n1nccc1CNCc1ccco1. The third kappa shape index (κ3) is 2.46. The van der Waals surface area contributed by atoms with Crippen LogP contribution < -0.4 is 5.32 Å². The van der Waals surface area contributed by atoms with Gasteiger partial charge in [0.25, 0.3) is 0 Å². The molecule has 1 N–H and O–H groups in total. The summed E-state index contributed by atoms with van der Waals surface area (Å²) in [6.45, 7) is -1.78. The molecule has 16 heavy (non-hydrogen) atoms. The zero-order valence-electron chi connectivity index (χ0n) is 8.44. The molecule has 2 aromatic heterocycles. The van der Waals surface area contributed by atoms with Crippen molar-refractivity contribution in [2.75, 3.05) is 0 Å². The van der Waals surface area contributed by atoms with Crippen molar-refractivity contribution in [2.45, 2.75) is 19.6 Å². The second-order valence-corrected chi connectivity index (χ2v) is 3.23. The number of furan rings is 1. The normalized spacial score (nSPS) is 11.2. The standard InChI is InChI=1S/C10H11F2N3O/c11-10(12)15-8(3-4-14-15)6-13-7-9-2-1-5-16-9/h1-5,10,13H,6-7H2. The summed E-state index contributed by atoms with van der Waals surface area (Å²) in [5, 5.41) is 6.53. The van der Waals surface area contributed by atoms with Crippen LogP contribution in [0.2, 0.25) is 0 Å². The summed E-state index contributed by atoms with van der Waals surface area (Å²) in [5.41, 5.74) is 0.446. The summed E-state index contributed by atoms with van der Waals surface area (Å²) in [6, 6.07) is 5.15. The Morgan fingerprint density at radius 2 is 2.25 bits per heavy atom. The van der Waals surface area contributed by atoms with Crippen molar-refractivity contribution >= 4 is 0 Å². The lowest BCUT2D eigenvalue weighted by Crippen LogP contribution is -2.16. The first kappa shape index (κ1) is 10.8. The summed E-state index contributed by atoms with van der Waals surface area (Å²) in [7, 11) is 0. The maximum Gasteiger partial charge on any atom is 0.333 e. The molecule has 0 saturated carbocycles. The van der Waals surface area contributed by atoms with Crippen LogP contribution >= 0.6 is 0 Å². The predicted octanol–water partition coefficient (Wildman–Crippen LogP) is 2.16. The minimum Gasteiger partial charge on any atom is -0.468 e. The fraction of sp³-hybridized carbons (Fsp3) is 0.300. The fourth-order valence-electron chi connectivity index (χ4n) is 1.38. The lowest BCUT2D eigenvalue weighted by Gasteiger charge is -2.06. The van der Waals surface area contributed by atoms with Gasteiger partial charge in [0.2, 0.25) is 0 Å². The van der Waals surface area contributed by atoms with Gasteiger partial charge in [-0.05, 0) is 18.2 Å². The van der Waals surface area contributed by atoms with E-state index in [9.17, 15) is 8.78 Å². The molecule has 2 rings (SSSR count). The second-order valence-electron chi connectivity index (χ2n) is 3.23. The maximum absolute atomic E-state index is 12.4. The van der Waals surface area contributed by atoms with Gasteiger partial charge in [-0.1, -0.05) is 0 Å². The molecule has 0 atom stereocenters. The van der Waals surface area contributed by atoms with E-state index in [1.165, 1.54) is 6.20 Å². The average molecular weight is 227 g/mol. The quantitative estimate of drug-likeness (QED) is 0.851. The number of alkyl halides is 2. The van der Waals surface area contributed by atoms with Gasteiger partial charge in [0, 0.05) is 12.7 Å². The Bertz CT molecular complexity index is 425. The molecule has 0 aliphatic rings. The highest BCUT2D eigenvalue weighted by Gasteiger charge is 2.10. The third-order valence-corrected chi connectivity index (χ3v) is 2.12. The van der Waals surface area contributed by atoms with Gasteiger partial charge in [-0.3, -0.25) is 0 Å². The number of rotatable bonds is 5. The zero-order valence-corrected chi connectivity index (χ0v) is 8.44. The zero-order chi connectivity index (χ0) is 11.4. The Labute approximate surface area is 90.9 Å². The number of nitrogens with zero attached hydrogens (tertiary/aromatic N) is 2. The van der Waals surface area contributed by atoms with Crippen LogP contribution in [0.25, 0.3) is 0 Å². The van der Waals surface area contributed by atoms with Crippen LogP contribution in [-0.2, 0) is 13.1 Å². The highest BCUT2D eigenvalue weighted by Crippen LogP contribution is 2.11. The topological polar surface area (TPSA) is 43.0 Å². The van der Waals surface area contributed by atoms with Crippen molar-refractivity contribution in [3.63, 3.8) is 0 Å². The van der Waals surface area contributed by atoms with Crippen molar-refractivity contribution in [2.24, 2.45) is 0 Å². The molecule has 0 bridgehead atoms. The Kier molecular flexibility index (Phi) is 3.31. The van der Waals surface area contributed by atoms with Crippen LogP contribution in [0, 0.1) is 0 Å². The molecule has 86 valence electrons. The number of hydrogen-bond acceptors (Lipinski definition) is 3. The smallest absolute Gasteiger partial charge is 0.333 e. The lowest BCUT2D eigenvalue weighted by molar-refractivity contribution is 0.0531. The second kappa shape index (κ2) is 4.89. The van der Waals surface area contributed by atoms with E-state index >= 15 is 0 Å². The number of nitrogens with one attached hydrogen (secondary N) is 1. The monoisotopic (exact) mass is 227 g/mol. The van der Waals surface area contributed by atoms with E-state index in [1.54, 1.807) is 18.4 Å². The van der Waals surface area contributed by atoms with Crippen LogP contribution in [0.1, 0.15) is 18.0 Å². The van der Waals surface area contributed by atoms with Crippen molar-refractivity contribution < 1.29 is 13.2 Å². The lowest BCUT2D eigenvalue weighted by atomic mass is 10.4. The van der Waals surface area contributed by atoms with E-state index < -0.39 is 6.55 Å². The molecule has 6 heteroatoms. The maximum atomic E-state index is 12.4. The summed E-state index contributed by atoms with van der Waals surface area (Å²) >= 11 is 0. The molecule has 2 heterocycles. The Balaban J connectivity index is 1.87. The van der Waals surface area contributed by atoms with Gasteiger partial charge in [-0.15, -0.1) is 0 Å². The largest absolute Gasteiger partial charge is 0.468 e. The van der Waals surface area contributed by atoms with E-state index in [2.05, 4.69) is 10.4 Å². The van der Waals surface area contributed by atoms with Gasteiger partial charge in [-0.2, -0.15) is 13.9 Å². The van der Waals surface area contributed by atoms with Crippen molar-refractivity contribution in [1.29, 1.82) is 0 Å².